The average Bonchev–Trinajstić information content (AvgIpc) is 2.33. The molecule has 0 saturated heterocycles. The smallest absolute Gasteiger partial charge is 0.246 e. The second-order valence-electron chi connectivity index (χ2n) is 4.03. The molecule has 0 spiro atoms. The molecule has 0 atom stereocenters. The predicted octanol–water partition coefficient (Wildman–Crippen LogP) is 0.885. The number of hydrogen-bond acceptors (Lipinski definition) is 4. The van der Waals surface area contributed by atoms with Gasteiger partial charge in [0.15, 0.2) is 0 Å². The van der Waals surface area contributed by atoms with Crippen molar-refractivity contribution in [2.45, 2.75) is 11.8 Å². The maximum atomic E-state index is 14.0. The molecule has 0 aliphatic rings. The topological polar surface area (TPSA) is 83.6 Å². The zero-order chi connectivity index (χ0) is 14.6. The Balaban J connectivity index is 3.36. The lowest BCUT2D eigenvalue weighted by Crippen LogP contribution is -2.34. The quantitative estimate of drug-likeness (QED) is 0.601. The van der Waals surface area contributed by atoms with Gasteiger partial charge in [-0.05, 0) is 24.6 Å². The van der Waals surface area contributed by atoms with Crippen LogP contribution in [0.1, 0.15) is 5.56 Å². The van der Waals surface area contributed by atoms with E-state index in [9.17, 15) is 12.8 Å². The number of aryl methyl sites for hydroxylation is 1. The van der Waals surface area contributed by atoms with E-state index in [4.69, 9.17) is 10.8 Å². The first kappa shape index (κ1) is 15.6. The van der Waals surface area contributed by atoms with E-state index in [-0.39, 0.29) is 30.9 Å². The Hall–Kier alpha value is -1.44. The number of hydrogen-bond donors (Lipinski definition) is 2. The molecule has 0 radical (unpaired) electrons. The molecule has 3 N–H and O–H groups in total. The van der Waals surface area contributed by atoms with Gasteiger partial charge >= 0.3 is 0 Å². The van der Waals surface area contributed by atoms with Gasteiger partial charge in [0.05, 0.1) is 6.61 Å². The van der Waals surface area contributed by atoms with Crippen LogP contribution in [0.25, 0.3) is 0 Å². The van der Waals surface area contributed by atoms with Gasteiger partial charge in [-0.25, -0.2) is 12.8 Å². The minimum absolute atomic E-state index is 0.0177. The number of aliphatic hydroxyl groups excluding tert-OH is 1. The summed E-state index contributed by atoms with van der Waals surface area (Å²) >= 11 is 0. The van der Waals surface area contributed by atoms with Crippen molar-refractivity contribution in [2.24, 2.45) is 0 Å². The fourth-order valence-corrected chi connectivity index (χ4v) is 3.23. The van der Waals surface area contributed by atoms with Crippen LogP contribution in [-0.4, -0.2) is 37.5 Å². The third-order valence-corrected chi connectivity index (χ3v) is 4.41. The highest BCUT2D eigenvalue weighted by atomic mass is 32.2. The summed E-state index contributed by atoms with van der Waals surface area (Å²) in [6, 6.07) is 2.43. The molecule has 0 fully saturated rings. The first-order valence-corrected chi connectivity index (χ1v) is 7.06. The Labute approximate surface area is 112 Å². The molecular weight excluding hydrogens is 271 g/mol. The van der Waals surface area contributed by atoms with Gasteiger partial charge in [0.25, 0.3) is 0 Å². The molecule has 1 aromatic rings. The van der Waals surface area contributed by atoms with Gasteiger partial charge in [-0.15, -0.1) is 6.58 Å². The standard InChI is InChI=1S/C12H17FN2O3S/c1-3-4-15(5-6-16)19(17,18)11-8-10(14)7-9(2)12(11)13/h3,7-8,16H,1,4-6,14H2,2H3. The molecule has 0 unspecified atom stereocenters. The van der Waals surface area contributed by atoms with Crippen LogP contribution in [0.15, 0.2) is 29.7 Å². The maximum absolute atomic E-state index is 14.0. The van der Waals surface area contributed by atoms with E-state index in [1.54, 1.807) is 0 Å². The molecule has 1 rings (SSSR count). The minimum atomic E-state index is -4.05. The molecule has 106 valence electrons. The number of anilines is 1. The summed E-state index contributed by atoms with van der Waals surface area (Å²) in [5, 5.41) is 8.89. The summed E-state index contributed by atoms with van der Waals surface area (Å²) in [6.07, 6.45) is 1.37. The summed E-state index contributed by atoms with van der Waals surface area (Å²) in [7, 11) is -4.05. The molecule has 0 saturated carbocycles. The van der Waals surface area contributed by atoms with Crippen LogP contribution < -0.4 is 5.73 Å². The largest absolute Gasteiger partial charge is 0.399 e. The molecule has 0 aromatic heterocycles. The van der Waals surface area contributed by atoms with Crippen molar-refractivity contribution >= 4 is 15.7 Å². The van der Waals surface area contributed by atoms with E-state index in [1.807, 2.05) is 0 Å². The van der Waals surface area contributed by atoms with Crippen LogP contribution in [0.5, 0.6) is 0 Å². The summed E-state index contributed by atoms with van der Waals surface area (Å²) in [4.78, 5) is -0.486. The highest BCUT2D eigenvalue weighted by molar-refractivity contribution is 7.89. The van der Waals surface area contributed by atoms with Crippen molar-refractivity contribution in [3.8, 4) is 0 Å². The van der Waals surface area contributed by atoms with Gasteiger partial charge in [0, 0.05) is 18.8 Å². The third-order valence-electron chi connectivity index (χ3n) is 2.54. The predicted molar refractivity (Wildman–Crippen MR) is 71.6 cm³/mol. The van der Waals surface area contributed by atoms with E-state index in [2.05, 4.69) is 6.58 Å². The zero-order valence-electron chi connectivity index (χ0n) is 10.6. The number of halogens is 1. The van der Waals surface area contributed by atoms with Crippen molar-refractivity contribution in [3.63, 3.8) is 0 Å². The van der Waals surface area contributed by atoms with Crippen LogP contribution in [0.2, 0.25) is 0 Å². The molecule has 0 heterocycles. The van der Waals surface area contributed by atoms with Crippen LogP contribution >= 0.6 is 0 Å². The van der Waals surface area contributed by atoms with Crippen molar-refractivity contribution in [1.82, 2.24) is 4.31 Å². The van der Waals surface area contributed by atoms with Gasteiger partial charge in [-0.1, -0.05) is 6.08 Å². The number of nitrogens with zero attached hydrogens (tertiary/aromatic N) is 1. The van der Waals surface area contributed by atoms with Crippen LogP contribution in [0, 0.1) is 12.7 Å². The fourth-order valence-electron chi connectivity index (χ4n) is 1.66. The number of nitrogens with two attached hydrogens (primary N) is 1. The van der Waals surface area contributed by atoms with Gasteiger partial charge in [-0.2, -0.15) is 4.31 Å². The Morgan fingerprint density at radius 2 is 2.16 bits per heavy atom. The SMILES string of the molecule is C=CCN(CCO)S(=O)(=O)c1cc(N)cc(C)c1F. The number of nitrogen functional groups attached to an aromatic ring is 1. The zero-order valence-corrected chi connectivity index (χ0v) is 11.5. The van der Waals surface area contributed by atoms with Gasteiger partial charge in [0.2, 0.25) is 10.0 Å². The van der Waals surface area contributed by atoms with Crippen molar-refractivity contribution in [1.29, 1.82) is 0 Å². The van der Waals surface area contributed by atoms with Gasteiger partial charge < -0.3 is 10.8 Å². The Morgan fingerprint density at radius 3 is 2.68 bits per heavy atom. The summed E-state index contributed by atoms with van der Waals surface area (Å²) in [6.45, 7) is 4.36. The molecule has 0 aliphatic carbocycles. The Kier molecular flexibility index (Phi) is 5.04. The highest BCUT2D eigenvalue weighted by Gasteiger charge is 2.27. The van der Waals surface area contributed by atoms with E-state index >= 15 is 0 Å². The molecule has 0 aliphatic heterocycles. The normalized spacial score (nSPS) is 11.8. The van der Waals surface area contributed by atoms with Crippen LogP contribution in [0.3, 0.4) is 0 Å². The first-order chi connectivity index (χ1) is 8.84. The summed E-state index contributed by atoms with van der Waals surface area (Å²) in [5.74, 6) is -0.832. The highest BCUT2D eigenvalue weighted by Crippen LogP contribution is 2.24. The molecule has 7 heteroatoms. The summed E-state index contributed by atoms with van der Waals surface area (Å²) < 4.78 is 39.5. The number of sulfonamides is 1. The minimum Gasteiger partial charge on any atom is -0.399 e. The monoisotopic (exact) mass is 288 g/mol. The van der Waals surface area contributed by atoms with E-state index in [0.29, 0.717) is 0 Å². The molecule has 19 heavy (non-hydrogen) atoms. The van der Waals surface area contributed by atoms with Gasteiger partial charge in [0.1, 0.15) is 10.7 Å². The van der Waals surface area contributed by atoms with Crippen LogP contribution in [-0.2, 0) is 10.0 Å². The van der Waals surface area contributed by atoms with Crippen molar-refractivity contribution < 1.29 is 17.9 Å². The lowest BCUT2D eigenvalue weighted by Gasteiger charge is -2.20. The lowest BCUT2D eigenvalue weighted by atomic mass is 10.2. The molecular formula is C12H17FN2O3S. The number of rotatable bonds is 6. The first-order valence-electron chi connectivity index (χ1n) is 5.62. The summed E-state index contributed by atoms with van der Waals surface area (Å²) in [5.41, 5.74) is 5.87. The molecule has 0 bridgehead atoms. The third kappa shape index (κ3) is 3.31. The van der Waals surface area contributed by atoms with Crippen molar-refractivity contribution in [2.75, 3.05) is 25.4 Å². The maximum Gasteiger partial charge on any atom is 0.246 e. The fraction of sp³-hybridized carbons (Fsp3) is 0.333. The van der Waals surface area contributed by atoms with E-state index < -0.39 is 20.7 Å². The average molecular weight is 288 g/mol. The van der Waals surface area contributed by atoms with E-state index in [1.165, 1.54) is 19.1 Å². The number of benzene rings is 1. The van der Waals surface area contributed by atoms with Crippen molar-refractivity contribution in [3.05, 3.63) is 36.2 Å². The van der Waals surface area contributed by atoms with E-state index in [0.717, 1.165) is 10.4 Å². The second kappa shape index (κ2) is 6.14. The molecule has 5 nitrogen and oxygen atoms in total. The molecule has 1 aromatic carbocycles. The molecule has 0 amide bonds. The van der Waals surface area contributed by atoms with Gasteiger partial charge in [-0.3, -0.25) is 0 Å². The Bertz CT molecular complexity index is 573. The lowest BCUT2D eigenvalue weighted by molar-refractivity contribution is 0.260. The second-order valence-corrected chi connectivity index (χ2v) is 5.93. The van der Waals surface area contributed by atoms with Crippen LogP contribution in [0.4, 0.5) is 10.1 Å². The Morgan fingerprint density at radius 1 is 1.53 bits per heavy atom. The number of aliphatic hydroxyl groups is 1.